The van der Waals surface area contributed by atoms with Crippen LogP contribution in [0.1, 0.15) is 57.4 Å². The Morgan fingerprint density at radius 3 is 2.03 bits per heavy atom. The fraction of sp³-hybridized carbons (Fsp3) is 0.591. The average molecular weight is 438 g/mol. The van der Waals surface area contributed by atoms with E-state index in [4.69, 9.17) is 4.74 Å². The van der Waals surface area contributed by atoms with E-state index in [1.165, 1.54) is 4.90 Å². The molecule has 0 aromatic heterocycles. The van der Waals surface area contributed by atoms with Crippen molar-refractivity contribution in [1.29, 1.82) is 0 Å². The van der Waals surface area contributed by atoms with Crippen LogP contribution in [0, 0.1) is 13.8 Å². The summed E-state index contributed by atoms with van der Waals surface area (Å²) in [7, 11) is 1.55. The molecule has 8 heteroatoms. The highest BCUT2D eigenvalue weighted by molar-refractivity contribution is 7.80. The van der Waals surface area contributed by atoms with Gasteiger partial charge in [0.2, 0.25) is 11.8 Å². The maximum absolute atomic E-state index is 13.2. The summed E-state index contributed by atoms with van der Waals surface area (Å²) in [5.74, 6) is -0.659. The summed E-state index contributed by atoms with van der Waals surface area (Å²) in [6.45, 7) is 12.8. The van der Waals surface area contributed by atoms with E-state index in [0.717, 1.165) is 11.1 Å². The Kier molecular flexibility index (Phi) is 9.21. The number of ether oxygens (including phenoxy) is 1. The van der Waals surface area contributed by atoms with Gasteiger partial charge < -0.3 is 20.3 Å². The molecular formula is C22H35N3O4S. The predicted molar refractivity (Wildman–Crippen MR) is 122 cm³/mol. The van der Waals surface area contributed by atoms with Crippen molar-refractivity contribution in [3.63, 3.8) is 0 Å². The van der Waals surface area contributed by atoms with E-state index in [9.17, 15) is 14.4 Å². The van der Waals surface area contributed by atoms with E-state index in [-0.39, 0.29) is 17.7 Å². The first-order chi connectivity index (χ1) is 13.7. The molecule has 0 bridgehead atoms. The van der Waals surface area contributed by atoms with Gasteiger partial charge in [-0.1, -0.05) is 29.3 Å². The van der Waals surface area contributed by atoms with E-state index < -0.39 is 29.7 Å². The third kappa shape index (κ3) is 7.89. The van der Waals surface area contributed by atoms with Gasteiger partial charge in [0.1, 0.15) is 17.7 Å². The van der Waals surface area contributed by atoms with Crippen LogP contribution in [0.25, 0.3) is 0 Å². The second-order valence-electron chi connectivity index (χ2n) is 8.82. The van der Waals surface area contributed by atoms with Crippen LogP contribution >= 0.6 is 12.6 Å². The third-order valence-corrected chi connectivity index (χ3v) is 4.51. The Morgan fingerprint density at radius 1 is 1.07 bits per heavy atom. The maximum atomic E-state index is 13.2. The van der Waals surface area contributed by atoms with Crippen LogP contribution in [0.3, 0.4) is 0 Å². The number of aryl methyl sites for hydroxylation is 2. The number of nitrogens with one attached hydrogen (secondary N) is 2. The smallest absolute Gasteiger partial charge is 0.408 e. The zero-order valence-electron chi connectivity index (χ0n) is 19.2. The molecule has 0 radical (unpaired) electrons. The highest BCUT2D eigenvalue weighted by atomic mass is 32.1. The van der Waals surface area contributed by atoms with Crippen molar-refractivity contribution in [1.82, 2.24) is 15.5 Å². The topological polar surface area (TPSA) is 87.7 Å². The van der Waals surface area contributed by atoms with Crippen LogP contribution in [-0.4, -0.2) is 53.3 Å². The lowest BCUT2D eigenvalue weighted by Gasteiger charge is -2.32. The first kappa shape index (κ1) is 25.8. The molecule has 0 aliphatic rings. The number of hydrogen-bond acceptors (Lipinski definition) is 5. The molecule has 1 aromatic carbocycles. The molecule has 2 unspecified atom stereocenters. The first-order valence-corrected chi connectivity index (χ1v) is 10.6. The number of benzene rings is 1. The Labute approximate surface area is 185 Å². The van der Waals surface area contributed by atoms with Crippen LogP contribution in [-0.2, 0) is 14.3 Å². The zero-order valence-corrected chi connectivity index (χ0v) is 20.1. The summed E-state index contributed by atoms with van der Waals surface area (Å²) < 4.78 is 5.24. The van der Waals surface area contributed by atoms with Crippen molar-refractivity contribution in [2.75, 3.05) is 12.8 Å². The fourth-order valence-electron chi connectivity index (χ4n) is 3.09. The molecule has 0 spiro atoms. The Bertz CT molecular complexity index is 754. The minimum absolute atomic E-state index is 0.0633. The van der Waals surface area contributed by atoms with Gasteiger partial charge in [-0.25, -0.2) is 4.79 Å². The Hall–Kier alpha value is -2.22. The van der Waals surface area contributed by atoms with Crippen LogP contribution in [0.5, 0.6) is 0 Å². The fourth-order valence-corrected chi connectivity index (χ4v) is 3.34. The molecule has 0 saturated carbocycles. The van der Waals surface area contributed by atoms with E-state index in [0.29, 0.717) is 5.56 Å². The molecule has 3 amide bonds. The van der Waals surface area contributed by atoms with E-state index in [1.54, 1.807) is 27.8 Å². The molecule has 0 aliphatic heterocycles. The number of carbonyl (C=O) groups is 3. The monoisotopic (exact) mass is 437 g/mol. The molecule has 2 atom stereocenters. The normalized spacial score (nSPS) is 13.4. The highest BCUT2D eigenvalue weighted by Gasteiger charge is 2.34. The number of hydrogen-bond donors (Lipinski definition) is 3. The van der Waals surface area contributed by atoms with Gasteiger partial charge in [-0.15, -0.1) is 0 Å². The van der Waals surface area contributed by atoms with Crippen molar-refractivity contribution in [3.05, 3.63) is 34.9 Å². The molecular weight excluding hydrogens is 402 g/mol. The first-order valence-electron chi connectivity index (χ1n) is 10.0. The molecule has 7 nitrogen and oxygen atoms in total. The van der Waals surface area contributed by atoms with Crippen LogP contribution in [0.4, 0.5) is 4.79 Å². The molecule has 0 saturated heterocycles. The number of carbonyl (C=O) groups excluding carboxylic acids is 3. The van der Waals surface area contributed by atoms with Gasteiger partial charge in [-0.05, 0) is 54.0 Å². The quantitative estimate of drug-likeness (QED) is 0.572. The lowest BCUT2D eigenvalue weighted by atomic mass is 9.99. The second-order valence-corrected chi connectivity index (χ2v) is 9.18. The summed E-state index contributed by atoms with van der Waals surface area (Å²) in [5, 5.41) is 5.43. The van der Waals surface area contributed by atoms with E-state index >= 15 is 0 Å². The van der Waals surface area contributed by atoms with Gasteiger partial charge >= 0.3 is 6.09 Å². The number of nitrogens with zero attached hydrogens (tertiary/aromatic N) is 1. The van der Waals surface area contributed by atoms with Crippen LogP contribution in [0.2, 0.25) is 0 Å². The third-order valence-electron chi connectivity index (χ3n) is 4.15. The predicted octanol–water partition coefficient (Wildman–Crippen LogP) is 3.15. The molecule has 0 aliphatic carbocycles. The van der Waals surface area contributed by atoms with Gasteiger partial charge in [-0.3, -0.25) is 9.59 Å². The Morgan fingerprint density at radius 2 is 1.60 bits per heavy atom. The zero-order chi connectivity index (χ0) is 23.2. The van der Waals surface area contributed by atoms with Crippen LogP contribution in [0.15, 0.2) is 18.2 Å². The van der Waals surface area contributed by atoms with Crippen LogP contribution < -0.4 is 10.6 Å². The standard InChI is InChI=1S/C22H35N3O4S/c1-13(2)23-19(26)18(16-10-14(3)9-15(4)11-16)25(8)20(27)17(12-30)24-21(28)29-22(5,6)7/h9-11,13,17-18,30H,12H2,1-8H3,(H,23,26)(H,24,28). The lowest BCUT2D eigenvalue weighted by molar-refractivity contribution is -0.140. The number of likely N-dealkylation sites (N-methyl/N-ethyl adjacent to an activating group) is 1. The number of thiol groups is 1. The number of alkyl carbamates (subject to hydrolysis) is 1. The summed E-state index contributed by atoms with van der Waals surface area (Å²) in [4.78, 5) is 39.7. The van der Waals surface area contributed by atoms with Gasteiger partial charge in [0.05, 0.1) is 0 Å². The highest BCUT2D eigenvalue weighted by Crippen LogP contribution is 2.24. The lowest BCUT2D eigenvalue weighted by Crippen LogP contribution is -2.53. The summed E-state index contributed by atoms with van der Waals surface area (Å²) in [6, 6.07) is 3.91. The van der Waals surface area contributed by atoms with E-state index in [2.05, 4.69) is 23.3 Å². The summed E-state index contributed by atoms with van der Waals surface area (Å²) >= 11 is 4.21. The number of rotatable bonds is 7. The molecule has 168 valence electrons. The largest absolute Gasteiger partial charge is 0.444 e. The van der Waals surface area contributed by atoms with Gasteiger partial charge in [0.15, 0.2) is 0 Å². The second kappa shape index (κ2) is 10.7. The van der Waals surface area contributed by atoms with Crippen molar-refractivity contribution in [3.8, 4) is 0 Å². The minimum atomic E-state index is -0.937. The summed E-state index contributed by atoms with van der Waals surface area (Å²) in [6.07, 6.45) is -0.710. The molecule has 1 rings (SSSR count). The minimum Gasteiger partial charge on any atom is -0.444 e. The van der Waals surface area contributed by atoms with Gasteiger partial charge in [0.25, 0.3) is 0 Å². The van der Waals surface area contributed by atoms with Gasteiger partial charge in [0, 0.05) is 18.8 Å². The number of amides is 3. The van der Waals surface area contributed by atoms with E-state index in [1.807, 2.05) is 45.9 Å². The van der Waals surface area contributed by atoms with Crippen molar-refractivity contribution in [2.24, 2.45) is 0 Å². The molecule has 1 aromatic rings. The molecule has 30 heavy (non-hydrogen) atoms. The molecule has 0 heterocycles. The Balaban J connectivity index is 3.20. The van der Waals surface area contributed by atoms with Crippen molar-refractivity contribution in [2.45, 2.75) is 72.2 Å². The van der Waals surface area contributed by atoms with Gasteiger partial charge in [-0.2, -0.15) is 12.6 Å². The van der Waals surface area contributed by atoms with Crippen molar-refractivity contribution < 1.29 is 19.1 Å². The average Bonchev–Trinajstić information content (AvgIpc) is 2.56. The maximum Gasteiger partial charge on any atom is 0.408 e. The SMILES string of the molecule is Cc1cc(C)cc(C(C(=O)NC(C)C)N(C)C(=O)C(CS)NC(=O)OC(C)(C)C)c1. The van der Waals surface area contributed by atoms with Crippen molar-refractivity contribution >= 4 is 30.5 Å². The molecule has 0 fully saturated rings. The molecule has 2 N–H and O–H groups in total. The summed E-state index contributed by atoms with van der Waals surface area (Å²) in [5.41, 5.74) is 1.99.